The second-order valence-electron chi connectivity index (χ2n) is 3.72. The number of H-pyrrole nitrogens is 1. The van der Waals surface area contributed by atoms with Gasteiger partial charge in [0.25, 0.3) is 5.56 Å². The average molecular weight is 341 g/mol. The minimum atomic E-state index is -0.112. The molecule has 2 rings (SSSR count). The summed E-state index contributed by atoms with van der Waals surface area (Å²) in [5, 5.41) is 0.618. The molecule has 0 radical (unpaired) electrons. The number of nitrogens with one attached hydrogen (secondary N) is 1. The van der Waals surface area contributed by atoms with Crippen LogP contribution < -0.4 is 10.5 Å². The van der Waals surface area contributed by atoms with Crippen molar-refractivity contribution < 1.29 is 0 Å². The number of hydrogen-bond acceptors (Lipinski definition) is 3. The number of likely N-dealkylation sites (N-methyl/N-ethyl adjacent to an activating group) is 1. The van der Waals surface area contributed by atoms with E-state index >= 15 is 0 Å². The van der Waals surface area contributed by atoms with Crippen LogP contribution >= 0.6 is 22.6 Å². The third kappa shape index (κ3) is 2.49. The zero-order chi connectivity index (χ0) is 12.4. The molecule has 0 saturated heterocycles. The molecule has 4 nitrogen and oxygen atoms in total. The fraction of sp³-hybridized carbons (Fsp3) is 0.167. The van der Waals surface area contributed by atoms with Gasteiger partial charge >= 0.3 is 0 Å². The molecule has 0 atom stereocenters. The van der Waals surface area contributed by atoms with E-state index in [-0.39, 0.29) is 5.56 Å². The van der Waals surface area contributed by atoms with Gasteiger partial charge in [0.15, 0.2) is 0 Å². The van der Waals surface area contributed by atoms with E-state index in [1.807, 2.05) is 30.1 Å². The van der Waals surface area contributed by atoms with E-state index in [0.717, 1.165) is 3.57 Å². The standard InChI is InChI=1S/C12H12IN3O/c1-3-6-16(2)12-14-10-5-4-8(13)7-9(10)11(17)15-12/h3-5,7H,1,6H2,2H3,(H,14,15,17). The molecular weight excluding hydrogens is 329 g/mol. The summed E-state index contributed by atoms with van der Waals surface area (Å²) in [6.45, 7) is 4.30. The maximum atomic E-state index is 11.9. The summed E-state index contributed by atoms with van der Waals surface area (Å²) < 4.78 is 1.02. The maximum Gasteiger partial charge on any atom is 0.260 e. The van der Waals surface area contributed by atoms with Crippen molar-refractivity contribution >= 4 is 39.4 Å². The molecule has 1 aromatic heterocycles. The Hall–Kier alpha value is -1.37. The number of rotatable bonds is 3. The summed E-state index contributed by atoms with van der Waals surface area (Å²) in [5.41, 5.74) is 0.597. The van der Waals surface area contributed by atoms with E-state index in [1.165, 1.54) is 0 Å². The van der Waals surface area contributed by atoms with Crippen molar-refractivity contribution in [1.29, 1.82) is 0 Å². The van der Waals surface area contributed by atoms with E-state index < -0.39 is 0 Å². The molecule has 0 aliphatic carbocycles. The van der Waals surface area contributed by atoms with Crippen molar-refractivity contribution in [2.75, 3.05) is 18.5 Å². The number of benzene rings is 1. The summed E-state index contributed by atoms with van der Waals surface area (Å²) in [4.78, 5) is 20.9. The van der Waals surface area contributed by atoms with Gasteiger partial charge in [-0.05, 0) is 40.8 Å². The molecule has 0 unspecified atom stereocenters. The van der Waals surface area contributed by atoms with Crippen LogP contribution in [0.5, 0.6) is 0 Å². The zero-order valence-corrected chi connectivity index (χ0v) is 11.6. The van der Waals surface area contributed by atoms with Crippen LogP contribution in [0.25, 0.3) is 10.9 Å². The van der Waals surface area contributed by atoms with Gasteiger partial charge in [-0.25, -0.2) is 4.98 Å². The van der Waals surface area contributed by atoms with E-state index in [9.17, 15) is 4.79 Å². The lowest BCUT2D eigenvalue weighted by atomic mass is 10.2. The van der Waals surface area contributed by atoms with Crippen LogP contribution in [0.3, 0.4) is 0 Å². The van der Waals surface area contributed by atoms with E-state index in [1.54, 1.807) is 6.08 Å². The summed E-state index contributed by atoms with van der Waals surface area (Å²) in [6.07, 6.45) is 1.76. The van der Waals surface area contributed by atoms with Gasteiger partial charge in [0.05, 0.1) is 10.9 Å². The number of nitrogens with zero attached hydrogens (tertiary/aromatic N) is 2. The molecule has 0 aliphatic rings. The number of fused-ring (bicyclic) bond motifs is 1. The fourth-order valence-corrected chi connectivity index (χ4v) is 2.05. The highest BCUT2D eigenvalue weighted by molar-refractivity contribution is 14.1. The molecule has 88 valence electrons. The number of hydrogen-bond donors (Lipinski definition) is 1. The van der Waals surface area contributed by atoms with Gasteiger partial charge in [-0.1, -0.05) is 6.08 Å². The van der Waals surface area contributed by atoms with Crippen molar-refractivity contribution in [1.82, 2.24) is 9.97 Å². The predicted molar refractivity (Wildman–Crippen MR) is 78.5 cm³/mol. The Morgan fingerprint density at radius 3 is 3.06 bits per heavy atom. The molecule has 0 saturated carbocycles. The highest BCUT2D eigenvalue weighted by Crippen LogP contribution is 2.14. The van der Waals surface area contributed by atoms with Gasteiger partial charge in [-0.15, -0.1) is 6.58 Å². The number of anilines is 1. The Morgan fingerprint density at radius 2 is 2.35 bits per heavy atom. The number of aromatic amines is 1. The summed E-state index contributed by atoms with van der Waals surface area (Å²) >= 11 is 2.18. The van der Waals surface area contributed by atoms with Crippen LogP contribution in [0.1, 0.15) is 0 Å². The Labute approximate surface area is 113 Å². The number of halogens is 1. The highest BCUT2D eigenvalue weighted by Gasteiger charge is 2.06. The summed E-state index contributed by atoms with van der Waals surface area (Å²) in [5.74, 6) is 0.559. The van der Waals surface area contributed by atoms with Crippen LogP contribution in [0.2, 0.25) is 0 Å². The molecular formula is C12H12IN3O. The largest absolute Gasteiger partial charge is 0.342 e. The first-order valence-electron chi connectivity index (χ1n) is 5.13. The Kier molecular flexibility index (Phi) is 3.46. The monoisotopic (exact) mass is 341 g/mol. The van der Waals surface area contributed by atoms with Crippen molar-refractivity contribution in [3.63, 3.8) is 0 Å². The highest BCUT2D eigenvalue weighted by atomic mass is 127. The van der Waals surface area contributed by atoms with E-state index in [0.29, 0.717) is 23.4 Å². The molecule has 17 heavy (non-hydrogen) atoms. The first kappa shape index (κ1) is 12.1. The SMILES string of the molecule is C=CCN(C)c1nc2ccc(I)cc2c(=O)[nH]1. The molecule has 1 N–H and O–H groups in total. The van der Waals surface area contributed by atoms with Crippen LogP contribution in [0.4, 0.5) is 5.95 Å². The topological polar surface area (TPSA) is 49.0 Å². The number of aromatic nitrogens is 2. The maximum absolute atomic E-state index is 11.9. The first-order chi connectivity index (χ1) is 8.11. The lowest BCUT2D eigenvalue weighted by Gasteiger charge is -2.15. The quantitative estimate of drug-likeness (QED) is 0.688. The molecule has 0 aliphatic heterocycles. The summed E-state index contributed by atoms with van der Waals surface area (Å²) in [6, 6.07) is 5.63. The molecule has 0 fully saturated rings. The Balaban J connectivity index is 2.60. The van der Waals surface area contributed by atoms with Gasteiger partial charge in [0.1, 0.15) is 0 Å². The molecule has 1 aromatic carbocycles. The lowest BCUT2D eigenvalue weighted by molar-refractivity contribution is 0.945. The second-order valence-corrected chi connectivity index (χ2v) is 4.97. The average Bonchev–Trinajstić information content (AvgIpc) is 2.30. The van der Waals surface area contributed by atoms with Crippen LogP contribution in [-0.2, 0) is 0 Å². The van der Waals surface area contributed by atoms with Gasteiger partial charge < -0.3 is 4.90 Å². The van der Waals surface area contributed by atoms with Gasteiger partial charge in [-0.2, -0.15) is 0 Å². The summed E-state index contributed by atoms with van der Waals surface area (Å²) in [7, 11) is 1.86. The second kappa shape index (κ2) is 4.87. The third-order valence-corrected chi connectivity index (χ3v) is 3.09. The van der Waals surface area contributed by atoms with Crippen molar-refractivity contribution in [2.24, 2.45) is 0 Å². The smallest absolute Gasteiger partial charge is 0.260 e. The first-order valence-corrected chi connectivity index (χ1v) is 6.21. The Bertz CT molecular complexity index is 621. The minimum absolute atomic E-state index is 0.112. The molecule has 0 amide bonds. The fourth-order valence-electron chi connectivity index (χ4n) is 1.56. The van der Waals surface area contributed by atoms with E-state index in [4.69, 9.17) is 0 Å². The molecule has 0 spiro atoms. The van der Waals surface area contributed by atoms with Gasteiger partial charge in [-0.3, -0.25) is 9.78 Å². The Morgan fingerprint density at radius 1 is 1.59 bits per heavy atom. The van der Waals surface area contributed by atoms with Crippen molar-refractivity contribution in [3.8, 4) is 0 Å². The van der Waals surface area contributed by atoms with Crippen molar-refractivity contribution in [2.45, 2.75) is 0 Å². The van der Waals surface area contributed by atoms with Gasteiger partial charge in [0, 0.05) is 17.2 Å². The lowest BCUT2D eigenvalue weighted by Crippen LogP contribution is -2.23. The zero-order valence-electron chi connectivity index (χ0n) is 9.40. The van der Waals surface area contributed by atoms with Crippen LogP contribution in [0, 0.1) is 3.57 Å². The van der Waals surface area contributed by atoms with E-state index in [2.05, 4.69) is 39.1 Å². The molecule has 2 aromatic rings. The molecule has 5 heteroatoms. The predicted octanol–water partition coefficient (Wildman–Crippen LogP) is 2.15. The van der Waals surface area contributed by atoms with Crippen LogP contribution in [0.15, 0.2) is 35.6 Å². The third-order valence-electron chi connectivity index (χ3n) is 2.42. The molecule has 0 bridgehead atoms. The van der Waals surface area contributed by atoms with Gasteiger partial charge in [0.2, 0.25) is 5.95 Å². The normalized spacial score (nSPS) is 10.5. The van der Waals surface area contributed by atoms with Crippen LogP contribution in [-0.4, -0.2) is 23.6 Å². The molecule has 1 heterocycles. The van der Waals surface area contributed by atoms with Crippen molar-refractivity contribution in [3.05, 3.63) is 44.8 Å². The minimum Gasteiger partial charge on any atom is -0.342 e.